The Bertz CT molecular complexity index is 635. The summed E-state index contributed by atoms with van der Waals surface area (Å²) in [4.78, 5) is 25.5. The number of benzene rings is 1. The van der Waals surface area contributed by atoms with Crippen molar-refractivity contribution in [1.82, 2.24) is 10.2 Å². The molecule has 0 bridgehead atoms. The smallest absolute Gasteiger partial charge is 0.325 e. The van der Waals surface area contributed by atoms with Gasteiger partial charge in [0, 0.05) is 12.7 Å². The zero-order valence-electron chi connectivity index (χ0n) is 14.2. The maximum atomic E-state index is 12.5. The molecular weight excluding hydrogens is 316 g/mol. The molecule has 0 aliphatic carbocycles. The maximum absolute atomic E-state index is 12.5. The Morgan fingerprint density at radius 3 is 2.54 bits per heavy atom. The van der Waals surface area contributed by atoms with Crippen molar-refractivity contribution in [2.75, 3.05) is 34.5 Å². The highest BCUT2D eigenvalue weighted by Crippen LogP contribution is 2.31. The van der Waals surface area contributed by atoms with Gasteiger partial charge >= 0.3 is 6.03 Å². The number of hydrogen-bond acceptors (Lipinski definition) is 6. The Balaban J connectivity index is 2.22. The molecule has 8 heteroatoms. The number of imide groups is 1. The molecule has 0 spiro atoms. The molecule has 132 valence electrons. The van der Waals surface area contributed by atoms with Crippen LogP contribution in [0.15, 0.2) is 18.2 Å². The van der Waals surface area contributed by atoms with Crippen LogP contribution in [0.3, 0.4) is 0 Å². The van der Waals surface area contributed by atoms with E-state index >= 15 is 0 Å². The van der Waals surface area contributed by atoms with E-state index in [0.29, 0.717) is 17.1 Å². The van der Waals surface area contributed by atoms with Gasteiger partial charge in [-0.1, -0.05) is 0 Å². The van der Waals surface area contributed by atoms with Crippen LogP contribution in [0.4, 0.5) is 4.79 Å². The zero-order chi connectivity index (χ0) is 17.9. The van der Waals surface area contributed by atoms with Gasteiger partial charge in [-0.3, -0.25) is 9.69 Å². The van der Waals surface area contributed by atoms with Crippen LogP contribution in [0.25, 0.3) is 0 Å². The molecule has 1 aromatic rings. The fourth-order valence-electron chi connectivity index (χ4n) is 2.67. The van der Waals surface area contributed by atoms with E-state index < -0.39 is 23.6 Å². The van der Waals surface area contributed by atoms with Gasteiger partial charge in [0.05, 0.1) is 27.4 Å². The molecule has 1 heterocycles. The number of nitrogens with zero attached hydrogens (tertiary/aromatic N) is 1. The third kappa shape index (κ3) is 3.29. The molecule has 2 rings (SSSR count). The third-order valence-corrected chi connectivity index (χ3v) is 3.93. The Kier molecular flexibility index (Phi) is 5.30. The first-order chi connectivity index (χ1) is 11.4. The quantitative estimate of drug-likeness (QED) is 0.710. The fraction of sp³-hybridized carbons (Fsp3) is 0.500. The van der Waals surface area contributed by atoms with E-state index in [1.54, 1.807) is 25.1 Å². The highest BCUT2D eigenvalue weighted by Gasteiger charge is 2.48. The van der Waals surface area contributed by atoms with Crippen molar-refractivity contribution >= 4 is 11.9 Å². The number of amides is 3. The molecule has 0 aromatic heterocycles. The topological polar surface area (TPSA) is 97.3 Å². The van der Waals surface area contributed by atoms with Gasteiger partial charge in [-0.2, -0.15) is 0 Å². The van der Waals surface area contributed by atoms with Crippen LogP contribution in [0.2, 0.25) is 0 Å². The Morgan fingerprint density at radius 1 is 1.25 bits per heavy atom. The zero-order valence-corrected chi connectivity index (χ0v) is 14.2. The standard InChI is InChI=1S/C16H22N2O6/c1-16(9-22-2)14(20)18(15(21)17-16)8-12(19)11-7-10(23-3)5-6-13(11)24-4/h5-7,12,19H,8-9H2,1-4H3,(H,17,21). The van der Waals surface area contributed by atoms with Crippen LogP contribution in [0, 0.1) is 0 Å². The first kappa shape index (κ1) is 18.0. The average Bonchev–Trinajstić information content (AvgIpc) is 2.77. The number of nitrogens with one attached hydrogen (secondary N) is 1. The van der Waals surface area contributed by atoms with E-state index in [0.717, 1.165) is 4.90 Å². The van der Waals surface area contributed by atoms with E-state index in [1.165, 1.54) is 21.3 Å². The lowest BCUT2D eigenvalue weighted by atomic mass is 10.0. The van der Waals surface area contributed by atoms with Gasteiger partial charge in [-0.25, -0.2) is 4.79 Å². The minimum atomic E-state index is -1.13. The van der Waals surface area contributed by atoms with Crippen LogP contribution in [0.1, 0.15) is 18.6 Å². The maximum Gasteiger partial charge on any atom is 0.325 e. The van der Waals surface area contributed by atoms with E-state index in [-0.39, 0.29) is 13.2 Å². The number of hydrogen-bond donors (Lipinski definition) is 2. The van der Waals surface area contributed by atoms with Gasteiger partial charge in [-0.15, -0.1) is 0 Å². The molecule has 8 nitrogen and oxygen atoms in total. The van der Waals surface area contributed by atoms with Gasteiger partial charge in [-0.05, 0) is 25.1 Å². The summed E-state index contributed by atoms with van der Waals surface area (Å²) in [5, 5.41) is 13.1. The number of methoxy groups -OCH3 is 3. The van der Waals surface area contributed by atoms with Crippen molar-refractivity contribution in [3.8, 4) is 11.5 Å². The normalized spacial score (nSPS) is 21.6. The SMILES string of the molecule is COCC1(C)NC(=O)N(CC(O)c2cc(OC)ccc2OC)C1=O. The Labute approximate surface area is 140 Å². The number of β-amino-alcohol motifs (C(OH)–C–C–N with tert-alkyl or cyclic N) is 1. The van der Waals surface area contributed by atoms with Crippen LogP contribution in [-0.4, -0.2) is 62.0 Å². The summed E-state index contributed by atoms with van der Waals surface area (Å²) < 4.78 is 15.4. The van der Waals surface area contributed by atoms with Gasteiger partial charge in [0.25, 0.3) is 5.91 Å². The largest absolute Gasteiger partial charge is 0.497 e. The monoisotopic (exact) mass is 338 g/mol. The lowest BCUT2D eigenvalue weighted by Gasteiger charge is -2.22. The molecule has 1 saturated heterocycles. The summed E-state index contributed by atoms with van der Waals surface area (Å²) in [6.07, 6.45) is -1.12. The molecule has 1 aliphatic heterocycles. The molecule has 2 N–H and O–H groups in total. The van der Waals surface area contributed by atoms with Crippen molar-refractivity contribution in [3.05, 3.63) is 23.8 Å². The molecule has 2 unspecified atom stereocenters. The Hall–Kier alpha value is -2.32. The van der Waals surface area contributed by atoms with E-state index in [9.17, 15) is 14.7 Å². The molecule has 3 amide bonds. The van der Waals surface area contributed by atoms with Gasteiger partial charge in [0.2, 0.25) is 0 Å². The van der Waals surface area contributed by atoms with Gasteiger partial charge < -0.3 is 24.6 Å². The van der Waals surface area contributed by atoms with Gasteiger partial charge in [0.1, 0.15) is 23.1 Å². The minimum Gasteiger partial charge on any atom is -0.497 e. The number of carbonyl (C=O) groups is 2. The molecule has 1 aromatic carbocycles. The summed E-state index contributed by atoms with van der Waals surface area (Å²) in [7, 11) is 4.43. The van der Waals surface area contributed by atoms with Crippen LogP contribution < -0.4 is 14.8 Å². The highest BCUT2D eigenvalue weighted by molar-refractivity contribution is 6.06. The van der Waals surface area contributed by atoms with Crippen LogP contribution in [-0.2, 0) is 9.53 Å². The first-order valence-electron chi connectivity index (χ1n) is 7.39. The molecule has 0 radical (unpaired) electrons. The highest BCUT2D eigenvalue weighted by atomic mass is 16.5. The molecule has 2 atom stereocenters. The lowest BCUT2D eigenvalue weighted by Crippen LogP contribution is -2.48. The lowest BCUT2D eigenvalue weighted by molar-refractivity contribution is -0.133. The second-order valence-corrected chi connectivity index (χ2v) is 5.73. The van der Waals surface area contributed by atoms with E-state index in [1.807, 2.05) is 0 Å². The van der Waals surface area contributed by atoms with Crippen molar-refractivity contribution in [1.29, 1.82) is 0 Å². The number of aliphatic hydroxyl groups excluding tert-OH is 1. The number of rotatable bonds is 7. The molecule has 1 aliphatic rings. The summed E-state index contributed by atoms with van der Waals surface area (Å²) >= 11 is 0. The van der Waals surface area contributed by atoms with Crippen molar-refractivity contribution in [2.24, 2.45) is 0 Å². The summed E-state index contributed by atoms with van der Waals surface area (Å²) in [6, 6.07) is 4.38. The number of aliphatic hydroxyl groups is 1. The van der Waals surface area contributed by atoms with Gasteiger partial charge in [0.15, 0.2) is 0 Å². The van der Waals surface area contributed by atoms with E-state index in [4.69, 9.17) is 14.2 Å². The number of carbonyl (C=O) groups excluding carboxylic acids is 2. The summed E-state index contributed by atoms with van der Waals surface area (Å²) in [5.41, 5.74) is -0.706. The van der Waals surface area contributed by atoms with Crippen molar-refractivity contribution < 1.29 is 28.9 Å². The van der Waals surface area contributed by atoms with Crippen LogP contribution in [0.5, 0.6) is 11.5 Å². The predicted molar refractivity (Wildman–Crippen MR) is 85.0 cm³/mol. The van der Waals surface area contributed by atoms with E-state index in [2.05, 4.69) is 5.32 Å². The third-order valence-electron chi connectivity index (χ3n) is 3.93. The molecule has 1 fully saturated rings. The minimum absolute atomic E-state index is 0.0483. The number of urea groups is 1. The van der Waals surface area contributed by atoms with Crippen molar-refractivity contribution in [2.45, 2.75) is 18.6 Å². The second kappa shape index (κ2) is 7.06. The Morgan fingerprint density at radius 2 is 1.96 bits per heavy atom. The summed E-state index contributed by atoms with van der Waals surface area (Å²) in [6.45, 7) is 1.43. The fourth-order valence-corrected chi connectivity index (χ4v) is 2.67. The average molecular weight is 338 g/mol. The first-order valence-corrected chi connectivity index (χ1v) is 7.39. The summed E-state index contributed by atoms with van der Waals surface area (Å²) in [5.74, 6) is 0.525. The molecule has 0 saturated carbocycles. The van der Waals surface area contributed by atoms with Crippen LogP contribution >= 0.6 is 0 Å². The van der Waals surface area contributed by atoms with Crippen molar-refractivity contribution in [3.63, 3.8) is 0 Å². The second-order valence-electron chi connectivity index (χ2n) is 5.73. The molecule has 24 heavy (non-hydrogen) atoms. The molecular formula is C16H22N2O6. The number of ether oxygens (including phenoxy) is 3. The predicted octanol–water partition coefficient (Wildman–Crippen LogP) is 0.694.